The lowest BCUT2D eigenvalue weighted by Crippen LogP contribution is -2.28. The highest BCUT2D eigenvalue weighted by Gasteiger charge is 2.18. The molecular weight excluding hydrogens is 420 g/mol. The number of nitrogen functional groups attached to an aromatic ring is 1. The lowest BCUT2D eigenvalue weighted by Gasteiger charge is -2.19. The molecule has 0 fully saturated rings. The first-order chi connectivity index (χ1) is 14.4. The highest BCUT2D eigenvalue weighted by molar-refractivity contribution is 7.89. The summed E-state index contributed by atoms with van der Waals surface area (Å²) in [6, 6.07) is 11.8. The monoisotopic (exact) mass is 446 g/mol. The van der Waals surface area contributed by atoms with E-state index in [1.807, 2.05) is 0 Å². The number of hydrogen-bond acceptors (Lipinski definition) is 6. The SMILES string of the molecule is CC(C)(C)OC(=O)c1cccc(NC(=O)CCNS(=O)(=O)c2ccc(C(=N)N)cc2)c1. The van der Waals surface area contributed by atoms with Gasteiger partial charge in [0.05, 0.1) is 10.5 Å². The zero-order chi connectivity index (χ0) is 23.2. The average molecular weight is 447 g/mol. The van der Waals surface area contributed by atoms with Crippen LogP contribution in [0.3, 0.4) is 0 Å². The molecule has 0 aliphatic rings. The predicted molar refractivity (Wildman–Crippen MR) is 118 cm³/mol. The van der Waals surface area contributed by atoms with Gasteiger partial charge < -0.3 is 15.8 Å². The molecule has 0 radical (unpaired) electrons. The summed E-state index contributed by atoms with van der Waals surface area (Å²) in [5, 5.41) is 9.96. The minimum absolute atomic E-state index is 0.00275. The molecule has 10 heteroatoms. The number of carbonyl (C=O) groups excluding carboxylic acids is 2. The number of anilines is 1. The largest absolute Gasteiger partial charge is 0.456 e. The van der Waals surface area contributed by atoms with E-state index in [-0.39, 0.29) is 23.7 Å². The van der Waals surface area contributed by atoms with E-state index in [0.717, 1.165) is 0 Å². The molecule has 0 aliphatic heterocycles. The molecule has 2 aromatic rings. The molecule has 0 aliphatic carbocycles. The summed E-state index contributed by atoms with van der Waals surface area (Å²) in [6.07, 6.45) is -0.110. The summed E-state index contributed by atoms with van der Waals surface area (Å²) in [7, 11) is -3.81. The zero-order valence-electron chi connectivity index (χ0n) is 17.6. The zero-order valence-corrected chi connectivity index (χ0v) is 18.4. The van der Waals surface area contributed by atoms with Crippen molar-refractivity contribution >= 4 is 33.4 Å². The van der Waals surface area contributed by atoms with Crippen LogP contribution >= 0.6 is 0 Å². The molecule has 0 heterocycles. The Morgan fingerprint density at radius 3 is 2.29 bits per heavy atom. The molecule has 5 N–H and O–H groups in total. The maximum absolute atomic E-state index is 12.3. The fourth-order valence-electron chi connectivity index (χ4n) is 2.48. The van der Waals surface area contributed by atoms with Crippen molar-refractivity contribution in [2.45, 2.75) is 37.7 Å². The van der Waals surface area contributed by atoms with Gasteiger partial charge in [-0.3, -0.25) is 10.2 Å². The first kappa shape index (κ1) is 24.0. The van der Waals surface area contributed by atoms with Crippen molar-refractivity contribution in [1.82, 2.24) is 4.72 Å². The highest BCUT2D eigenvalue weighted by atomic mass is 32.2. The van der Waals surface area contributed by atoms with E-state index >= 15 is 0 Å². The van der Waals surface area contributed by atoms with Crippen molar-refractivity contribution in [2.75, 3.05) is 11.9 Å². The summed E-state index contributed by atoms with van der Waals surface area (Å²) in [5.74, 6) is -1.09. The quantitative estimate of drug-likeness (QED) is 0.277. The Bertz CT molecular complexity index is 1070. The maximum Gasteiger partial charge on any atom is 0.338 e. The standard InChI is InChI=1S/C21H26N4O5S/c1-21(2,3)30-20(27)15-5-4-6-16(13-15)25-18(26)11-12-24-31(28,29)17-9-7-14(8-10-17)19(22)23/h4-10,13,24H,11-12H2,1-3H3,(H3,22,23)(H,25,26). The van der Waals surface area contributed by atoms with Gasteiger partial charge in [0.2, 0.25) is 15.9 Å². The van der Waals surface area contributed by atoms with Crippen LogP contribution in [0.5, 0.6) is 0 Å². The van der Waals surface area contributed by atoms with Gasteiger partial charge in [0, 0.05) is 24.2 Å². The van der Waals surface area contributed by atoms with E-state index in [1.165, 1.54) is 30.3 Å². The second-order valence-electron chi connectivity index (χ2n) is 7.72. The van der Waals surface area contributed by atoms with Crippen LogP contribution in [0.4, 0.5) is 5.69 Å². The van der Waals surface area contributed by atoms with Crippen LogP contribution in [0.25, 0.3) is 0 Å². The Morgan fingerprint density at radius 1 is 1.06 bits per heavy atom. The molecule has 0 aromatic heterocycles. The fraction of sp³-hybridized carbons (Fsp3) is 0.286. The molecule has 0 saturated carbocycles. The summed E-state index contributed by atoms with van der Waals surface area (Å²) in [6.45, 7) is 5.16. The first-order valence-corrected chi connectivity index (χ1v) is 10.9. The number of amides is 1. The van der Waals surface area contributed by atoms with Crippen LogP contribution in [0.2, 0.25) is 0 Å². The van der Waals surface area contributed by atoms with Gasteiger partial charge in [0.15, 0.2) is 0 Å². The number of nitrogens with one attached hydrogen (secondary N) is 3. The predicted octanol–water partition coefficient (Wildman–Crippen LogP) is 2.23. The van der Waals surface area contributed by atoms with Crippen LogP contribution in [-0.2, 0) is 19.6 Å². The van der Waals surface area contributed by atoms with Gasteiger partial charge in [-0.05, 0) is 63.2 Å². The van der Waals surface area contributed by atoms with E-state index in [0.29, 0.717) is 16.8 Å². The number of ether oxygens (including phenoxy) is 1. The normalized spacial score (nSPS) is 11.6. The topological polar surface area (TPSA) is 151 Å². The number of hydrogen-bond donors (Lipinski definition) is 4. The molecule has 0 unspecified atom stereocenters. The second kappa shape index (κ2) is 9.71. The van der Waals surface area contributed by atoms with E-state index in [4.69, 9.17) is 15.9 Å². The highest BCUT2D eigenvalue weighted by Crippen LogP contribution is 2.16. The lowest BCUT2D eigenvalue weighted by molar-refractivity contribution is -0.116. The van der Waals surface area contributed by atoms with Crippen LogP contribution in [0, 0.1) is 5.41 Å². The van der Waals surface area contributed by atoms with Crippen molar-refractivity contribution < 1.29 is 22.7 Å². The summed E-state index contributed by atoms with van der Waals surface area (Å²) in [4.78, 5) is 24.3. The number of rotatable bonds is 8. The Balaban J connectivity index is 1.91. The van der Waals surface area contributed by atoms with Crippen LogP contribution in [0.1, 0.15) is 43.1 Å². The molecular formula is C21H26N4O5S. The fourth-order valence-corrected chi connectivity index (χ4v) is 3.51. The molecule has 0 bridgehead atoms. The lowest BCUT2D eigenvalue weighted by atomic mass is 10.1. The van der Waals surface area contributed by atoms with E-state index < -0.39 is 27.5 Å². The smallest absolute Gasteiger partial charge is 0.338 e. The Morgan fingerprint density at radius 2 is 1.71 bits per heavy atom. The van der Waals surface area contributed by atoms with Gasteiger partial charge in [-0.2, -0.15) is 0 Å². The summed E-state index contributed by atoms with van der Waals surface area (Å²) < 4.78 is 32.3. The van der Waals surface area contributed by atoms with E-state index in [2.05, 4.69) is 10.0 Å². The maximum atomic E-state index is 12.3. The van der Waals surface area contributed by atoms with Gasteiger partial charge >= 0.3 is 5.97 Å². The molecule has 0 saturated heterocycles. The van der Waals surface area contributed by atoms with E-state index in [9.17, 15) is 18.0 Å². The molecule has 166 valence electrons. The van der Waals surface area contributed by atoms with Gasteiger partial charge in [-0.15, -0.1) is 0 Å². The number of benzene rings is 2. The third-order valence-corrected chi connectivity index (χ3v) is 5.38. The van der Waals surface area contributed by atoms with Gasteiger partial charge in [0.25, 0.3) is 0 Å². The van der Waals surface area contributed by atoms with Crippen LogP contribution in [-0.4, -0.2) is 38.3 Å². The number of carbonyl (C=O) groups is 2. The van der Waals surface area contributed by atoms with Gasteiger partial charge in [-0.1, -0.05) is 6.07 Å². The summed E-state index contributed by atoms with van der Waals surface area (Å²) in [5.41, 5.74) is 5.81. The molecule has 2 rings (SSSR count). The molecule has 0 atom stereocenters. The third-order valence-electron chi connectivity index (χ3n) is 3.90. The van der Waals surface area contributed by atoms with Crippen molar-refractivity contribution in [2.24, 2.45) is 5.73 Å². The first-order valence-electron chi connectivity index (χ1n) is 9.45. The Labute approximate surface area is 181 Å². The van der Waals surface area contributed by atoms with Crippen LogP contribution in [0.15, 0.2) is 53.4 Å². The number of nitrogens with two attached hydrogens (primary N) is 1. The molecule has 2 aromatic carbocycles. The average Bonchev–Trinajstić information content (AvgIpc) is 2.66. The molecule has 1 amide bonds. The minimum Gasteiger partial charge on any atom is -0.456 e. The van der Waals surface area contributed by atoms with Crippen LogP contribution < -0.4 is 15.8 Å². The number of amidine groups is 1. The van der Waals surface area contributed by atoms with Gasteiger partial charge in [0.1, 0.15) is 11.4 Å². The number of sulfonamides is 1. The molecule has 31 heavy (non-hydrogen) atoms. The summed E-state index contributed by atoms with van der Waals surface area (Å²) >= 11 is 0. The molecule has 0 spiro atoms. The van der Waals surface area contributed by atoms with Crippen molar-refractivity contribution in [3.05, 3.63) is 59.7 Å². The number of esters is 1. The Kier molecular flexibility index (Phi) is 7.53. The van der Waals surface area contributed by atoms with Crippen molar-refractivity contribution in [3.63, 3.8) is 0 Å². The third kappa shape index (κ3) is 7.50. The Hall–Kier alpha value is -3.24. The van der Waals surface area contributed by atoms with Crippen molar-refractivity contribution in [3.8, 4) is 0 Å². The van der Waals surface area contributed by atoms with E-state index in [1.54, 1.807) is 39.0 Å². The minimum atomic E-state index is -3.81. The second-order valence-corrected chi connectivity index (χ2v) is 9.48. The molecule has 9 nitrogen and oxygen atoms in total. The van der Waals surface area contributed by atoms with Gasteiger partial charge in [-0.25, -0.2) is 17.9 Å². The van der Waals surface area contributed by atoms with Crippen molar-refractivity contribution in [1.29, 1.82) is 5.41 Å².